The highest BCUT2D eigenvalue weighted by atomic mass is 32.2. The van der Waals surface area contributed by atoms with Crippen molar-refractivity contribution < 1.29 is 27.1 Å². The minimum absolute atomic E-state index is 0.0189. The Morgan fingerprint density at radius 3 is 2.67 bits per heavy atom. The number of esters is 1. The lowest BCUT2D eigenvalue weighted by Crippen LogP contribution is -2.16. The fourth-order valence-corrected chi connectivity index (χ4v) is 2.65. The first-order valence-corrected chi connectivity index (χ1v) is 7.37. The second-order valence-electron chi connectivity index (χ2n) is 4.52. The van der Waals surface area contributed by atoms with Crippen LogP contribution in [-0.2, 0) is 16.7 Å². The highest BCUT2D eigenvalue weighted by Crippen LogP contribution is 2.28. The zero-order valence-corrected chi connectivity index (χ0v) is 12.9. The van der Waals surface area contributed by atoms with Crippen LogP contribution >= 0.6 is 11.8 Å². The molecule has 1 heterocycles. The maximum Gasteiger partial charge on any atom is 0.433 e. The lowest BCUT2D eigenvalue weighted by atomic mass is 10.1. The van der Waals surface area contributed by atoms with Crippen LogP contribution in [0.1, 0.15) is 21.6 Å². The molecule has 0 aliphatic rings. The number of hydrogen-bond donors (Lipinski definition) is 1. The largest absolute Gasteiger partial charge is 0.465 e. The van der Waals surface area contributed by atoms with Crippen LogP contribution in [0.15, 0.2) is 34.2 Å². The van der Waals surface area contributed by atoms with E-state index in [0.29, 0.717) is 11.6 Å². The topological polar surface area (TPSA) is 72.0 Å². The lowest BCUT2D eigenvalue weighted by molar-refractivity contribution is -0.141. The van der Waals surface area contributed by atoms with Gasteiger partial charge in [-0.05, 0) is 17.7 Å². The number of H-pyrrole nitrogens is 1. The smallest absolute Gasteiger partial charge is 0.433 e. The van der Waals surface area contributed by atoms with Crippen molar-refractivity contribution >= 4 is 17.7 Å². The van der Waals surface area contributed by atoms with E-state index in [2.05, 4.69) is 14.7 Å². The molecule has 2 aromatic rings. The van der Waals surface area contributed by atoms with Gasteiger partial charge in [0.25, 0.3) is 5.56 Å². The zero-order chi connectivity index (χ0) is 17.9. The van der Waals surface area contributed by atoms with Crippen molar-refractivity contribution in [3.8, 4) is 0 Å². The van der Waals surface area contributed by atoms with Crippen molar-refractivity contribution in [3.63, 3.8) is 0 Å². The van der Waals surface area contributed by atoms with Crippen LogP contribution < -0.4 is 5.56 Å². The Morgan fingerprint density at radius 2 is 2.04 bits per heavy atom. The van der Waals surface area contributed by atoms with Gasteiger partial charge < -0.3 is 9.72 Å². The van der Waals surface area contributed by atoms with E-state index in [-0.39, 0.29) is 16.5 Å². The number of ether oxygens (including phenoxy) is 1. The third-order valence-corrected chi connectivity index (χ3v) is 3.77. The van der Waals surface area contributed by atoms with Crippen molar-refractivity contribution in [3.05, 3.63) is 57.3 Å². The molecule has 0 amide bonds. The summed E-state index contributed by atoms with van der Waals surface area (Å²) < 4.78 is 55.7. The molecule has 0 aliphatic carbocycles. The minimum Gasteiger partial charge on any atom is -0.465 e. The number of carbonyl (C=O) groups is 1. The van der Waals surface area contributed by atoms with Gasteiger partial charge in [0.05, 0.1) is 12.7 Å². The number of carbonyl (C=O) groups excluding carboxylic acids is 1. The van der Waals surface area contributed by atoms with E-state index in [1.54, 1.807) is 0 Å². The van der Waals surface area contributed by atoms with Gasteiger partial charge in [-0.25, -0.2) is 14.2 Å². The predicted octanol–water partition coefficient (Wildman–Crippen LogP) is 3.01. The quantitative estimate of drug-likeness (QED) is 0.392. The third-order valence-electron chi connectivity index (χ3n) is 2.85. The van der Waals surface area contributed by atoms with Crippen molar-refractivity contribution in [1.29, 1.82) is 0 Å². The molecule has 0 spiro atoms. The number of nitrogens with one attached hydrogen (secondary N) is 1. The fourth-order valence-electron chi connectivity index (χ4n) is 1.77. The SMILES string of the molecule is COC(=O)c1cc(F)ccc1CSc1nc(C(F)(F)F)cc(=O)[nH]1. The molecule has 5 nitrogen and oxygen atoms in total. The molecule has 0 aliphatic heterocycles. The van der Waals surface area contributed by atoms with Crippen LogP contribution in [0.5, 0.6) is 0 Å². The van der Waals surface area contributed by atoms with Crippen molar-refractivity contribution in [2.75, 3.05) is 7.11 Å². The molecule has 1 aromatic heterocycles. The van der Waals surface area contributed by atoms with Gasteiger partial charge in [0.1, 0.15) is 5.82 Å². The third kappa shape index (κ3) is 4.34. The van der Waals surface area contributed by atoms with Crippen molar-refractivity contribution in [1.82, 2.24) is 9.97 Å². The molecule has 2 rings (SSSR count). The number of nitrogens with zero attached hydrogens (tertiary/aromatic N) is 1. The standard InChI is InChI=1S/C14H10F4N2O3S/c1-23-12(22)9-4-8(15)3-2-7(9)6-24-13-19-10(14(16,17)18)5-11(21)20-13/h2-5H,6H2,1H3,(H,19,20,21). The summed E-state index contributed by atoms with van der Waals surface area (Å²) in [6.07, 6.45) is -4.75. The summed E-state index contributed by atoms with van der Waals surface area (Å²) in [5, 5.41) is -0.269. The van der Waals surface area contributed by atoms with Crippen LogP contribution in [0.25, 0.3) is 0 Å². The Hall–Kier alpha value is -2.36. The maximum absolute atomic E-state index is 13.2. The number of benzene rings is 1. The van der Waals surface area contributed by atoms with E-state index in [1.165, 1.54) is 6.07 Å². The number of rotatable bonds is 4. The number of aromatic amines is 1. The van der Waals surface area contributed by atoms with E-state index < -0.39 is 29.2 Å². The Morgan fingerprint density at radius 1 is 1.33 bits per heavy atom. The molecule has 10 heteroatoms. The number of halogens is 4. The van der Waals surface area contributed by atoms with Crippen LogP contribution in [-0.4, -0.2) is 23.0 Å². The molecule has 0 fully saturated rings. The summed E-state index contributed by atoms with van der Waals surface area (Å²) >= 11 is 0.769. The Labute approximate surface area is 137 Å². The summed E-state index contributed by atoms with van der Waals surface area (Å²) in [4.78, 5) is 28.4. The molecule has 128 valence electrons. The first-order valence-electron chi connectivity index (χ1n) is 6.39. The number of alkyl halides is 3. The van der Waals surface area contributed by atoms with Crippen LogP contribution in [0, 0.1) is 5.82 Å². The lowest BCUT2D eigenvalue weighted by Gasteiger charge is -2.09. The molecule has 0 unspecified atom stereocenters. The maximum atomic E-state index is 13.2. The highest BCUT2D eigenvalue weighted by molar-refractivity contribution is 7.98. The fraction of sp³-hybridized carbons (Fsp3) is 0.214. The summed E-state index contributed by atoms with van der Waals surface area (Å²) in [5.74, 6) is -1.46. The van der Waals surface area contributed by atoms with Crippen LogP contribution in [0.2, 0.25) is 0 Å². The van der Waals surface area contributed by atoms with Gasteiger partial charge in [-0.2, -0.15) is 13.2 Å². The number of aromatic nitrogens is 2. The summed E-state index contributed by atoms with van der Waals surface area (Å²) in [6, 6.07) is 3.72. The van der Waals surface area contributed by atoms with E-state index in [1.807, 2.05) is 0 Å². The highest BCUT2D eigenvalue weighted by Gasteiger charge is 2.33. The van der Waals surface area contributed by atoms with Crippen LogP contribution in [0.3, 0.4) is 0 Å². The van der Waals surface area contributed by atoms with Gasteiger partial charge in [0, 0.05) is 11.8 Å². The Bertz CT molecular complexity index is 820. The Kier molecular flexibility index (Phi) is 5.27. The second kappa shape index (κ2) is 7.04. The summed E-state index contributed by atoms with van der Waals surface area (Å²) in [6.45, 7) is 0. The van der Waals surface area contributed by atoms with E-state index in [9.17, 15) is 27.2 Å². The first kappa shape index (κ1) is 18.0. The summed E-state index contributed by atoms with van der Waals surface area (Å²) in [5.41, 5.74) is -2.00. The molecule has 0 bridgehead atoms. The number of methoxy groups -OCH3 is 1. The average molecular weight is 362 g/mol. The van der Waals surface area contributed by atoms with Gasteiger partial charge in [-0.15, -0.1) is 0 Å². The molecule has 0 radical (unpaired) electrons. The minimum atomic E-state index is -4.75. The second-order valence-corrected chi connectivity index (χ2v) is 5.48. The van der Waals surface area contributed by atoms with Crippen molar-refractivity contribution in [2.24, 2.45) is 0 Å². The molecule has 24 heavy (non-hydrogen) atoms. The molecule has 0 atom stereocenters. The van der Waals surface area contributed by atoms with E-state index >= 15 is 0 Å². The Balaban J connectivity index is 2.28. The van der Waals surface area contributed by atoms with Gasteiger partial charge in [-0.1, -0.05) is 17.8 Å². The average Bonchev–Trinajstić information content (AvgIpc) is 2.51. The van der Waals surface area contributed by atoms with Gasteiger partial charge >= 0.3 is 12.1 Å². The molecular weight excluding hydrogens is 352 g/mol. The zero-order valence-electron chi connectivity index (χ0n) is 12.1. The molecule has 0 saturated heterocycles. The predicted molar refractivity (Wildman–Crippen MR) is 77.2 cm³/mol. The van der Waals surface area contributed by atoms with Crippen LogP contribution in [0.4, 0.5) is 17.6 Å². The van der Waals surface area contributed by atoms with Gasteiger partial charge in [-0.3, -0.25) is 4.79 Å². The molecule has 1 N–H and O–H groups in total. The number of thioether (sulfide) groups is 1. The van der Waals surface area contributed by atoms with E-state index in [0.717, 1.165) is 31.0 Å². The first-order chi connectivity index (χ1) is 11.2. The van der Waals surface area contributed by atoms with E-state index in [4.69, 9.17) is 0 Å². The molecule has 0 saturated carbocycles. The van der Waals surface area contributed by atoms with Crippen molar-refractivity contribution in [2.45, 2.75) is 17.1 Å². The van der Waals surface area contributed by atoms with Gasteiger partial charge in [0.2, 0.25) is 0 Å². The monoisotopic (exact) mass is 362 g/mol. The normalized spacial score (nSPS) is 11.4. The van der Waals surface area contributed by atoms with Gasteiger partial charge in [0.15, 0.2) is 10.9 Å². The molecular formula is C14H10F4N2O3S. The number of hydrogen-bond acceptors (Lipinski definition) is 5. The molecule has 1 aromatic carbocycles. The summed E-state index contributed by atoms with van der Waals surface area (Å²) in [7, 11) is 1.12.